The Hall–Kier alpha value is -1.07. The number of aryl methyl sites for hydroxylation is 3. The van der Waals surface area contributed by atoms with Crippen LogP contribution in [0.1, 0.15) is 43.9 Å². The zero-order chi connectivity index (χ0) is 16.0. The van der Waals surface area contributed by atoms with Crippen LogP contribution in [-0.2, 0) is 45.5 Å². The summed E-state index contributed by atoms with van der Waals surface area (Å²) >= 11 is 0. The maximum Gasteiger partial charge on any atom is 3.00 e. The largest absolute Gasteiger partial charge is 3.00 e. The molecule has 3 rings (SSSR count). The first kappa shape index (κ1) is 21.9. The van der Waals surface area contributed by atoms with E-state index in [1.165, 1.54) is 29.5 Å². The third-order valence-corrected chi connectivity index (χ3v) is 3.55. The van der Waals surface area contributed by atoms with Crippen LogP contribution in [0.15, 0.2) is 72.8 Å². The maximum absolute atomic E-state index is 2.20. The van der Waals surface area contributed by atoms with Crippen molar-refractivity contribution in [2.75, 3.05) is 0 Å². The Morgan fingerprint density at radius 1 is 0.522 bits per heavy atom. The van der Waals surface area contributed by atoms with Gasteiger partial charge in [0.15, 0.2) is 0 Å². The van der Waals surface area contributed by atoms with E-state index >= 15 is 0 Å². The van der Waals surface area contributed by atoms with Gasteiger partial charge in [-0.05, 0) is 0 Å². The number of rotatable bonds is 4. The van der Waals surface area contributed by atoms with E-state index in [0.717, 1.165) is 12.8 Å². The van der Waals surface area contributed by atoms with E-state index in [0.29, 0.717) is 0 Å². The Balaban J connectivity index is 0.000000310. The molecule has 0 amide bonds. The zero-order valence-corrected chi connectivity index (χ0v) is 17.2. The summed E-state index contributed by atoms with van der Waals surface area (Å²) in [5, 5.41) is 0. The van der Waals surface area contributed by atoms with Gasteiger partial charge in [-0.2, -0.15) is 53.1 Å². The van der Waals surface area contributed by atoms with E-state index in [1.807, 2.05) is 0 Å². The van der Waals surface area contributed by atoms with Crippen LogP contribution >= 0.6 is 0 Å². The second-order valence-electron chi connectivity index (χ2n) is 5.34. The molecule has 0 aliphatic carbocycles. The molecule has 0 N–H and O–H groups in total. The van der Waals surface area contributed by atoms with Crippen LogP contribution in [-0.4, -0.2) is 0 Å². The van der Waals surface area contributed by atoms with Gasteiger partial charge in [0.05, 0.1) is 0 Å². The molecule has 0 unspecified atom stereocenters. The second-order valence-corrected chi connectivity index (χ2v) is 5.34. The van der Waals surface area contributed by atoms with Crippen molar-refractivity contribution in [2.45, 2.75) is 46.5 Å². The van der Waals surface area contributed by atoms with Gasteiger partial charge in [-0.3, -0.25) is 0 Å². The van der Waals surface area contributed by atoms with Gasteiger partial charge in [0, 0.05) is 0 Å². The Morgan fingerprint density at radius 2 is 0.826 bits per heavy atom. The molecule has 0 aliphatic heterocycles. The second kappa shape index (κ2) is 14.5. The summed E-state index contributed by atoms with van der Waals surface area (Å²) in [5.74, 6) is 0. The average Bonchev–Trinajstić information content (AvgIpc) is 3.30. The molecule has 0 atom stereocenters. The Labute approximate surface area is 161 Å². The number of hydrogen-bond acceptors (Lipinski definition) is 0. The predicted molar refractivity (Wildman–Crippen MR) is 98.9 cm³/mol. The van der Waals surface area contributed by atoms with Crippen LogP contribution in [0.3, 0.4) is 0 Å². The number of hydrogen-bond donors (Lipinski definition) is 0. The quantitative estimate of drug-likeness (QED) is 0.464. The molecular weight excluding hydrogens is 355 g/mol. The van der Waals surface area contributed by atoms with Crippen molar-refractivity contribution in [2.24, 2.45) is 0 Å². The van der Waals surface area contributed by atoms with Crippen molar-refractivity contribution >= 4 is 0 Å². The average molecular weight is 385 g/mol. The van der Waals surface area contributed by atoms with Crippen LogP contribution in [0.5, 0.6) is 0 Å². The molecule has 3 aromatic rings. The van der Waals surface area contributed by atoms with Crippen LogP contribution < -0.4 is 0 Å². The Morgan fingerprint density at radius 3 is 1.04 bits per heavy atom. The molecule has 0 aromatic heterocycles. The third kappa shape index (κ3) is 10.3. The molecule has 0 heterocycles. The van der Waals surface area contributed by atoms with Crippen molar-refractivity contribution in [1.82, 2.24) is 0 Å². The standard InChI is InChI=1S/C8H11.2C7H9.Zr/c1-2-5-8-6-3-4-7-8;2*1-2-7-5-3-4-6-7;/h3-4,6-7H,2,5H2,1H3;2*3-6H,2H2,1H3;/q3*-1;+3. The monoisotopic (exact) mass is 383 g/mol. The minimum absolute atomic E-state index is 0. The topological polar surface area (TPSA) is 0 Å². The summed E-state index contributed by atoms with van der Waals surface area (Å²) < 4.78 is 0. The summed E-state index contributed by atoms with van der Waals surface area (Å²) in [6.07, 6.45) is 4.80. The smallest absolute Gasteiger partial charge is 0.213 e. The minimum atomic E-state index is 0. The summed E-state index contributed by atoms with van der Waals surface area (Å²) in [6, 6.07) is 25.3. The molecule has 0 fully saturated rings. The molecule has 1 heteroatoms. The van der Waals surface area contributed by atoms with Crippen molar-refractivity contribution in [3.05, 3.63) is 89.5 Å². The van der Waals surface area contributed by atoms with Gasteiger partial charge >= 0.3 is 26.2 Å². The Kier molecular flexibility index (Phi) is 13.8. The summed E-state index contributed by atoms with van der Waals surface area (Å²) in [7, 11) is 0. The first-order valence-electron chi connectivity index (χ1n) is 8.41. The van der Waals surface area contributed by atoms with Crippen molar-refractivity contribution in [1.29, 1.82) is 0 Å². The fourth-order valence-electron chi connectivity index (χ4n) is 2.17. The van der Waals surface area contributed by atoms with Crippen molar-refractivity contribution in [3.63, 3.8) is 0 Å². The third-order valence-electron chi connectivity index (χ3n) is 3.55. The zero-order valence-electron chi connectivity index (χ0n) is 14.8. The van der Waals surface area contributed by atoms with E-state index in [9.17, 15) is 0 Å². The molecule has 121 valence electrons. The molecule has 23 heavy (non-hydrogen) atoms. The van der Waals surface area contributed by atoms with Crippen LogP contribution in [0, 0.1) is 0 Å². The molecule has 0 bridgehead atoms. The molecule has 3 aromatic carbocycles. The molecule has 0 spiro atoms. The van der Waals surface area contributed by atoms with Gasteiger partial charge in [-0.25, -0.2) is 36.4 Å². The summed E-state index contributed by atoms with van der Waals surface area (Å²) in [5.41, 5.74) is 4.33. The van der Waals surface area contributed by atoms with Gasteiger partial charge in [0.2, 0.25) is 0 Å². The molecule has 1 radical (unpaired) electrons. The normalized spacial score (nSPS) is 9.00. The van der Waals surface area contributed by atoms with Gasteiger partial charge < -0.3 is 0 Å². The fourth-order valence-corrected chi connectivity index (χ4v) is 2.17. The Bertz CT molecular complexity index is 493. The van der Waals surface area contributed by atoms with E-state index in [4.69, 9.17) is 0 Å². The summed E-state index contributed by atoms with van der Waals surface area (Å²) in [4.78, 5) is 0. The van der Waals surface area contributed by atoms with Crippen LogP contribution in [0.4, 0.5) is 0 Å². The molecule has 0 saturated heterocycles. The van der Waals surface area contributed by atoms with Crippen molar-refractivity contribution < 1.29 is 26.2 Å². The molecule has 0 nitrogen and oxygen atoms in total. The molecule has 0 saturated carbocycles. The van der Waals surface area contributed by atoms with E-state index in [2.05, 4.69) is 93.6 Å². The fraction of sp³-hybridized carbons (Fsp3) is 0.318. The predicted octanol–water partition coefficient (Wildman–Crippen LogP) is 6.29. The van der Waals surface area contributed by atoms with Crippen LogP contribution in [0.2, 0.25) is 0 Å². The SMILES string of the molecule is CCC[c-]1cccc1.CC[c-]1cccc1.CC[c-]1cccc1.[Zr+3]. The first-order valence-corrected chi connectivity index (χ1v) is 8.41. The van der Waals surface area contributed by atoms with E-state index in [-0.39, 0.29) is 26.2 Å². The van der Waals surface area contributed by atoms with Gasteiger partial charge in [-0.1, -0.05) is 46.5 Å². The van der Waals surface area contributed by atoms with Crippen molar-refractivity contribution in [3.8, 4) is 0 Å². The van der Waals surface area contributed by atoms with E-state index < -0.39 is 0 Å². The van der Waals surface area contributed by atoms with E-state index in [1.54, 1.807) is 0 Å². The molecule has 0 aliphatic rings. The first-order chi connectivity index (χ1) is 10.8. The minimum Gasteiger partial charge on any atom is -0.213 e. The van der Waals surface area contributed by atoms with Gasteiger partial charge in [0.1, 0.15) is 0 Å². The summed E-state index contributed by atoms with van der Waals surface area (Å²) in [6.45, 7) is 6.53. The van der Waals surface area contributed by atoms with Crippen LogP contribution in [0.25, 0.3) is 0 Å². The molecular formula is C22H29Zr. The van der Waals surface area contributed by atoms with Gasteiger partial charge in [-0.15, -0.1) is 0 Å². The van der Waals surface area contributed by atoms with Gasteiger partial charge in [0.25, 0.3) is 0 Å². The maximum atomic E-state index is 2.20.